The van der Waals surface area contributed by atoms with Crippen LogP contribution in [0.5, 0.6) is 0 Å². The van der Waals surface area contributed by atoms with E-state index in [1.165, 1.54) is 5.56 Å². The van der Waals surface area contributed by atoms with Gasteiger partial charge in [0, 0.05) is 18.2 Å². The smallest absolute Gasteiger partial charge is 0.231 e. The van der Waals surface area contributed by atoms with Crippen LogP contribution in [0.15, 0.2) is 18.2 Å². The molecule has 2 heterocycles. The third-order valence-electron chi connectivity index (χ3n) is 4.75. The van der Waals surface area contributed by atoms with E-state index in [9.17, 15) is 4.79 Å². The van der Waals surface area contributed by atoms with Crippen LogP contribution in [0.25, 0.3) is 0 Å². The molecule has 1 unspecified atom stereocenters. The van der Waals surface area contributed by atoms with Crippen molar-refractivity contribution in [3.8, 4) is 0 Å². The SMILES string of the molecule is CC(CN)C1(c2ccc3c(c2)CC(=O)N3C)COC1. The van der Waals surface area contributed by atoms with Crippen molar-refractivity contribution in [2.24, 2.45) is 11.7 Å². The molecule has 0 aliphatic carbocycles. The molecule has 19 heavy (non-hydrogen) atoms. The second-order valence-corrected chi connectivity index (χ2v) is 5.76. The van der Waals surface area contributed by atoms with Crippen LogP contribution in [-0.2, 0) is 21.4 Å². The first-order valence-electron chi connectivity index (χ1n) is 6.76. The molecule has 2 aliphatic rings. The number of likely N-dealkylation sites (N-methyl/N-ethyl adjacent to an activating group) is 1. The highest BCUT2D eigenvalue weighted by molar-refractivity contribution is 6.00. The quantitative estimate of drug-likeness (QED) is 0.884. The van der Waals surface area contributed by atoms with E-state index >= 15 is 0 Å². The zero-order valence-electron chi connectivity index (χ0n) is 11.5. The number of ether oxygens (including phenoxy) is 1. The molecule has 0 aromatic heterocycles. The summed E-state index contributed by atoms with van der Waals surface area (Å²) in [6.45, 7) is 4.29. The van der Waals surface area contributed by atoms with Gasteiger partial charge in [0.2, 0.25) is 5.91 Å². The van der Waals surface area contributed by atoms with Gasteiger partial charge in [-0.25, -0.2) is 0 Å². The van der Waals surface area contributed by atoms with Crippen molar-refractivity contribution in [3.05, 3.63) is 29.3 Å². The Kier molecular flexibility index (Phi) is 2.87. The van der Waals surface area contributed by atoms with Gasteiger partial charge in [-0.15, -0.1) is 0 Å². The van der Waals surface area contributed by atoms with Crippen LogP contribution in [0.4, 0.5) is 5.69 Å². The van der Waals surface area contributed by atoms with Crippen LogP contribution in [0, 0.1) is 5.92 Å². The third-order valence-corrected chi connectivity index (χ3v) is 4.75. The van der Waals surface area contributed by atoms with E-state index in [1.807, 2.05) is 7.05 Å². The Morgan fingerprint density at radius 2 is 2.21 bits per heavy atom. The Labute approximate surface area is 113 Å². The Bertz CT molecular complexity index is 523. The number of anilines is 1. The predicted molar refractivity (Wildman–Crippen MR) is 74.3 cm³/mol. The Balaban J connectivity index is 1.99. The maximum absolute atomic E-state index is 11.7. The van der Waals surface area contributed by atoms with Crippen LogP contribution in [0.2, 0.25) is 0 Å². The van der Waals surface area contributed by atoms with E-state index in [1.54, 1.807) is 4.90 Å². The number of nitrogens with two attached hydrogens (primary N) is 1. The van der Waals surface area contributed by atoms with Gasteiger partial charge in [0.1, 0.15) is 0 Å². The molecular formula is C15H20N2O2. The molecule has 1 aromatic rings. The molecule has 1 amide bonds. The average molecular weight is 260 g/mol. The second kappa shape index (κ2) is 4.32. The molecule has 4 heteroatoms. The van der Waals surface area contributed by atoms with Crippen LogP contribution < -0.4 is 10.6 Å². The summed E-state index contributed by atoms with van der Waals surface area (Å²) in [6.07, 6.45) is 0.508. The lowest BCUT2D eigenvalue weighted by Gasteiger charge is -2.46. The molecule has 0 bridgehead atoms. The van der Waals surface area contributed by atoms with Gasteiger partial charge in [-0.2, -0.15) is 0 Å². The lowest BCUT2D eigenvalue weighted by Crippen LogP contribution is -2.53. The summed E-state index contributed by atoms with van der Waals surface area (Å²) in [5.74, 6) is 0.548. The summed E-state index contributed by atoms with van der Waals surface area (Å²) in [5.41, 5.74) is 9.30. The topological polar surface area (TPSA) is 55.6 Å². The lowest BCUT2D eigenvalue weighted by molar-refractivity contribution is -0.117. The predicted octanol–water partition coefficient (Wildman–Crippen LogP) is 1.07. The maximum Gasteiger partial charge on any atom is 0.231 e. The third kappa shape index (κ3) is 1.70. The molecule has 1 atom stereocenters. The van der Waals surface area contributed by atoms with Gasteiger partial charge in [-0.3, -0.25) is 4.79 Å². The normalized spacial score (nSPS) is 22.1. The van der Waals surface area contributed by atoms with E-state index in [0.29, 0.717) is 18.9 Å². The van der Waals surface area contributed by atoms with E-state index in [2.05, 4.69) is 25.1 Å². The van der Waals surface area contributed by atoms with Crippen molar-refractivity contribution in [1.29, 1.82) is 0 Å². The van der Waals surface area contributed by atoms with Crippen LogP contribution in [0.1, 0.15) is 18.1 Å². The standard InChI is InChI=1S/C15H20N2O2/c1-10(7-16)15(8-19-9-15)12-3-4-13-11(5-12)6-14(18)17(13)2/h3-5,10H,6-9,16H2,1-2H3. The Morgan fingerprint density at radius 1 is 1.47 bits per heavy atom. The van der Waals surface area contributed by atoms with Gasteiger partial charge in [0.25, 0.3) is 0 Å². The van der Waals surface area contributed by atoms with E-state index in [-0.39, 0.29) is 11.3 Å². The van der Waals surface area contributed by atoms with Gasteiger partial charge in [-0.1, -0.05) is 19.1 Å². The molecule has 1 aromatic carbocycles. The highest BCUT2D eigenvalue weighted by atomic mass is 16.5. The minimum atomic E-state index is 0.0357. The molecule has 1 saturated heterocycles. The molecule has 0 saturated carbocycles. The fourth-order valence-electron chi connectivity index (χ4n) is 3.06. The summed E-state index contributed by atoms with van der Waals surface area (Å²) in [7, 11) is 1.83. The number of amides is 1. The number of hydrogen-bond donors (Lipinski definition) is 1. The van der Waals surface area contributed by atoms with Crippen LogP contribution >= 0.6 is 0 Å². The first kappa shape index (κ1) is 12.6. The van der Waals surface area contributed by atoms with Crippen molar-refractivity contribution >= 4 is 11.6 Å². The van der Waals surface area contributed by atoms with E-state index in [4.69, 9.17) is 10.5 Å². The van der Waals surface area contributed by atoms with E-state index < -0.39 is 0 Å². The first-order valence-corrected chi connectivity index (χ1v) is 6.76. The number of benzene rings is 1. The number of rotatable bonds is 3. The molecular weight excluding hydrogens is 240 g/mol. The number of carbonyl (C=O) groups is 1. The van der Waals surface area contributed by atoms with Gasteiger partial charge in [0.15, 0.2) is 0 Å². The van der Waals surface area contributed by atoms with Crippen molar-refractivity contribution in [2.45, 2.75) is 18.8 Å². The summed E-state index contributed by atoms with van der Waals surface area (Å²) in [6, 6.07) is 6.35. The molecule has 1 fully saturated rings. The fourth-order valence-corrected chi connectivity index (χ4v) is 3.06. The summed E-state index contributed by atoms with van der Waals surface area (Å²) in [5, 5.41) is 0. The molecule has 3 rings (SSSR count). The Hall–Kier alpha value is -1.39. The fraction of sp³-hybridized carbons (Fsp3) is 0.533. The molecule has 0 radical (unpaired) electrons. The van der Waals surface area contributed by atoms with Crippen molar-refractivity contribution in [1.82, 2.24) is 0 Å². The number of hydrogen-bond acceptors (Lipinski definition) is 3. The van der Waals surface area contributed by atoms with Gasteiger partial charge < -0.3 is 15.4 Å². The van der Waals surface area contributed by atoms with Gasteiger partial charge >= 0.3 is 0 Å². The van der Waals surface area contributed by atoms with Crippen molar-refractivity contribution < 1.29 is 9.53 Å². The summed E-state index contributed by atoms with van der Waals surface area (Å²) >= 11 is 0. The molecule has 102 valence electrons. The van der Waals surface area contributed by atoms with Gasteiger partial charge in [-0.05, 0) is 29.7 Å². The largest absolute Gasteiger partial charge is 0.379 e. The zero-order chi connectivity index (χ0) is 13.6. The average Bonchev–Trinajstić information content (AvgIpc) is 2.63. The first-order chi connectivity index (χ1) is 9.08. The molecule has 4 nitrogen and oxygen atoms in total. The second-order valence-electron chi connectivity index (χ2n) is 5.76. The highest BCUT2D eigenvalue weighted by Gasteiger charge is 2.45. The van der Waals surface area contributed by atoms with Crippen LogP contribution in [-0.4, -0.2) is 32.7 Å². The Morgan fingerprint density at radius 3 is 2.79 bits per heavy atom. The minimum Gasteiger partial charge on any atom is -0.379 e. The highest BCUT2D eigenvalue weighted by Crippen LogP contribution is 2.41. The maximum atomic E-state index is 11.7. The monoisotopic (exact) mass is 260 g/mol. The van der Waals surface area contributed by atoms with Gasteiger partial charge in [0.05, 0.1) is 19.6 Å². The lowest BCUT2D eigenvalue weighted by atomic mass is 9.69. The molecule has 2 aliphatic heterocycles. The summed E-state index contributed by atoms with van der Waals surface area (Å²) < 4.78 is 5.44. The number of carbonyl (C=O) groups excluding carboxylic acids is 1. The zero-order valence-corrected chi connectivity index (χ0v) is 11.5. The van der Waals surface area contributed by atoms with Crippen molar-refractivity contribution in [2.75, 3.05) is 31.7 Å². The number of fused-ring (bicyclic) bond motifs is 1. The van der Waals surface area contributed by atoms with Crippen LogP contribution in [0.3, 0.4) is 0 Å². The minimum absolute atomic E-state index is 0.0357. The van der Waals surface area contributed by atoms with Crippen molar-refractivity contribution in [3.63, 3.8) is 0 Å². The molecule has 0 spiro atoms. The molecule has 2 N–H and O–H groups in total. The summed E-state index contributed by atoms with van der Waals surface area (Å²) in [4.78, 5) is 13.5. The number of nitrogens with zero attached hydrogens (tertiary/aromatic N) is 1. The van der Waals surface area contributed by atoms with E-state index in [0.717, 1.165) is 24.5 Å².